The first-order valence-electron chi connectivity index (χ1n) is 8.33. The molecule has 1 amide bonds. The van der Waals surface area contributed by atoms with Crippen molar-refractivity contribution >= 4 is 30.7 Å². The molecule has 0 aromatic heterocycles. The third kappa shape index (κ3) is 9.19. The summed E-state index contributed by atoms with van der Waals surface area (Å²) >= 11 is 0. The molecule has 4 nitrogen and oxygen atoms in total. The van der Waals surface area contributed by atoms with Crippen LogP contribution in [-0.2, 0) is 4.79 Å². The van der Waals surface area contributed by atoms with E-state index in [-0.39, 0.29) is 30.7 Å². The molecule has 2 atom stereocenters. The Morgan fingerprint density at radius 2 is 1.77 bits per heavy atom. The predicted octanol–water partition coefficient (Wildman–Crippen LogP) is 2.31. The van der Waals surface area contributed by atoms with Gasteiger partial charge in [0.15, 0.2) is 0 Å². The first kappa shape index (κ1) is 22.0. The minimum atomic E-state index is 0. The second kappa shape index (κ2) is 11.5. The second-order valence-corrected chi connectivity index (χ2v) is 6.98. The van der Waals surface area contributed by atoms with Crippen LogP contribution in [-0.4, -0.2) is 50.1 Å². The molecule has 1 saturated carbocycles. The molecule has 2 N–H and O–H groups in total. The second-order valence-electron chi connectivity index (χ2n) is 6.98. The van der Waals surface area contributed by atoms with Gasteiger partial charge in [-0.3, -0.25) is 4.79 Å². The molecular formula is C16H33Cl2N3O. The van der Waals surface area contributed by atoms with E-state index in [1.165, 1.54) is 32.4 Å². The van der Waals surface area contributed by atoms with E-state index in [0.717, 1.165) is 43.8 Å². The molecular weight excluding hydrogens is 321 g/mol. The SMILES string of the molecule is CC1CC(C)CN(CCCNC(=O)CNCC2CC2)C1.Cl.Cl. The largest absolute Gasteiger partial charge is 0.355 e. The Labute approximate surface area is 148 Å². The van der Waals surface area contributed by atoms with Gasteiger partial charge in [0.25, 0.3) is 0 Å². The number of hydrogen-bond donors (Lipinski definition) is 2. The van der Waals surface area contributed by atoms with Crippen molar-refractivity contribution in [2.24, 2.45) is 17.8 Å². The molecule has 2 fully saturated rings. The molecule has 6 heteroatoms. The van der Waals surface area contributed by atoms with E-state index >= 15 is 0 Å². The van der Waals surface area contributed by atoms with Crippen molar-refractivity contribution < 1.29 is 4.79 Å². The van der Waals surface area contributed by atoms with E-state index in [1.807, 2.05) is 0 Å². The molecule has 1 aliphatic carbocycles. The quantitative estimate of drug-likeness (QED) is 0.658. The average Bonchev–Trinajstić information content (AvgIpc) is 3.17. The maximum Gasteiger partial charge on any atom is 0.233 e. The normalized spacial score (nSPS) is 25.0. The highest BCUT2D eigenvalue weighted by atomic mass is 35.5. The van der Waals surface area contributed by atoms with E-state index in [4.69, 9.17) is 0 Å². The molecule has 1 aliphatic heterocycles. The van der Waals surface area contributed by atoms with Gasteiger partial charge in [0.2, 0.25) is 5.91 Å². The lowest BCUT2D eigenvalue weighted by Crippen LogP contribution is -2.40. The van der Waals surface area contributed by atoms with Gasteiger partial charge in [0.05, 0.1) is 6.54 Å². The van der Waals surface area contributed by atoms with Gasteiger partial charge in [-0.25, -0.2) is 0 Å². The molecule has 2 unspecified atom stereocenters. The Hall–Kier alpha value is -0.0300. The maximum absolute atomic E-state index is 11.6. The number of carbonyl (C=O) groups is 1. The van der Waals surface area contributed by atoms with Gasteiger partial charge in [0, 0.05) is 19.6 Å². The van der Waals surface area contributed by atoms with E-state index in [9.17, 15) is 4.79 Å². The molecule has 0 bridgehead atoms. The van der Waals surface area contributed by atoms with Crippen molar-refractivity contribution in [1.82, 2.24) is 15.5 Å². The fourth-order valence-electron chi connectivity index (χ4n) is 3.28. The molecule has 2 rings (SSSR count). The number of carbonyl (C=O) groups excluding carboxylic acids is 1. The van der Waals surface area contributed by atoms with Gasteiger partial charge < -0.3 is 15.5 Å². The Kier molecular flexibility index (Phi) is 11.5. The number of likely N-dealkylation sites (tertiary alicyclic amines) is 1. The van der Waals surface area contributed by atoms with Gasteiger partial charge in [-0.05, 0) is 56.5 Å². The minimum Gasteiger partial charge on any atom is -0.355 e. The summed E-state index contributed by atoms with van der Waals surface area (Å²) in [5.41, 5.74) is 0. The molecule has 0 radical (unpaired) electrons. The fourth-order valence-corrected chi connectivity index (χ4v) is 3.28. The molecule has 22 heavy (non-hydrogen) atoms. The van der Waals surface area contributed by atoms with Gasteiger partial charge in [-0.15, -0.1) is 24.8 Å². The van der Waals surface area contributed by atoms with Gasteiger partial charge in [-0.2, -0.15) is 0 Å². The van der Waals surface area contributed by atoms with Crippen LogP contribution >= 0.6 is 24.8 Å². The smallest absolute Gasteiger partial charge is 0.233 e. The standard InChI is InChI=1S/C16H31N3O.2ClH/c1-13-8-14(2)12-19(11-13)7-3-6-18-16(20)10-17-9-15-4-5-15;;/h13-15,17H,3-12H2,1-2H3,(H,18,20);2*1H. The van der Waals surface area contributed by atoms with Crippen LogP contribution in [0.15, 0.2) is 0 Å². The summed E-state index contributed by atoms with van der Waals surface area (Å²) in [6, 6.07) is 0. The number of halogens is 2. The lowest BCUT2D eigenvalue weighted by molar-refractivity contribution is -0.120. The zero-order valence-electron chi connectivity index (χ0n) is 14.0. The topological polar surface area (TPSA) is 44.4 Å². The molecule has 1 saturated heterocycles. The number of nitrogens with zero attached hydrogens (tertiary/aromatic N) is 1. The van der Waals surface area contributed by atoms with Crippen molar-refractivity contribution in [3.8, 4) is 0 Å². The molecule has 2 aliphatic rings. The van der Waals surface area contributed by atoms with Crippen LogP contribution in [0.3, 0.4) is 0 Å². The van der Waals surface area contributed by atoms with Crippen LogP contribution in [0.5, 0.6) is 0 Å². The predicted molar refractivity (Wildman–Crippen MR) is 97.1 cm³/mol. The summed E-state index contributed by atoms with van der Waals surface area (Å²) in [7, 11) is 0. The molecule has 1 heterocycles. The third-order valence-corrected chi connectivity index (χ3v) is 4.33. The highest BCUT2D eigenvalue weighted by Crippen LogP contribution is 2.27. The molecule has 132 valence electrons. The molecule has 0 aromatic carbocycles. The first-order chi connectivity index (χ1) is 9.63. The highest BCUT2D eigenvalue weighted by Gasteiger charge is 2.21. The van der Waals surface area contributed by atoms with E-state index in [2.05, 4.69) is 29.4 Å². The van der Waals surface area contributed by atoms with Gasteiger partial charge in [-0.1, -0.05) is 13.8 Å². The summed E-state index contributed by atoms with van der Waals surface area (Å²) in [4.78, 5) is 14.2. The summed E-state index contributed by atoms with van der Waals surface area (Å²) in [6.45, 7) is 10.5. The lowest BCUT2D eigenvalue weighted by atomic mass is 9.92. The van der Waals surface area contributed by atoms with Crippen LogP contribution in [0.1, 0.15) is 39.5 Å². The summed E-state index contributed by atoms with van der Waals surface area (Å²) in [5, 5.41) is 6.24. The zero-order chi connectivity index (χ0) is 14.4. The van der Waals surface area contributed by atoms with Crippen molar-refractivity contribution in [2.45, 2.75) is 39.5 Å². The Balaban J connectivity index is 0.00000220. The van der Waals surface area contributed by atoms with Crippen molar-refractivity contribution in [3.63, 3.8) is 0 Å². The number of rotatable bonds is 8. The Morgan fingerprint density at radius 3 is 2.36 bits per heavy atom. The lowest BCUT2D eigenvalue weighted by Gasteiger charge is -2.34. The van der Waals surface area contributed by atoms with Crippen LogP contribution in [0.4, 0.5) is 0 Å². The average molecular weight is 354 g/mol. The highest BCUT2D eigenvalue weighted by molar-refractivity contribution is 5.85. The van der Waals surface area contributed by atoms with Crippen molar-refractivity contribution in [2.75, 3.05) is 39.3 Å². The zero-order valence-corrected chi connectivity index (χ0v) is 15.6. The van der Waals surface area contributed by atoms with E-state index in [1.54, 1.807) is 0 Å². The van der Waals surface area contributed by atoms with Crippen LogP contribution in [0, 0.1) is 17.8 Å². The van der Waals surface area contributed by atoms with Gasteiger partial charge in [0.1, 0.15) is 0 Å². The van der Waals surface area contributed by atoms with Crippen LogP contribution < -0.4 is 10.6 Å². The van der Waals surface area contributed by atoms with E-state index in [0.29, 0.717) is 6.54 Å². The summed E-state index contributed by atoms with van der Waals surface area (Å²) in [6.07, 6.45) is 5.09. The number of nitrogens with one attached hydrogen (secondary N) is 2. The van der Waals surface area contributed by atoms with Crippen molar-refractivity contribution in [3.05, 3.63) is 0 Å². The van der Waals surface area contributed by atoms with Crippen LogP contribution in [0.2, 0.25) is 0 Å². The Bertz CT molecular complexity index is 304. The monoisotopic (exact) mass is 353 g/mol. The third-order valence-electron chi connectivity index (χ3n) is 4.33. The first-order valence-corrected chi connectivity index (χ1v) is 8.33. The molecule has 0 spiro atoms. The maximum atomic E-state index is 11.6. The molecule has 0 aromatic rings. The number of piperidine rings is 1. The minimum absolute atomic E-state index is 0. The number of hydrogen-bond acceptors (Lipinski definition) is 3. The van der Waals surface area contributed by atoms with Gasteiger partial charge >= 0.3 is 0 Å². The fraction of sp³-hybridized carbons (Fsp3) is 0.938. The van der Waals surface area contributed by atoms with Crippen molar-refractivity contribution in [1.29, 1.82) is 0 Å². The van der Waals surface area contributed by atoms with Crippen LogP contribution in [0.25, 0.3) is 0 Å². The summed E-state index contributed by atoms with van der Waals surface area (Å²) < 4.78 is 0. The number of amides is 1. The Morgan fingerprint density at radius 1 is 1.14 bits per heavy atom. The van der Waals surface area contributed by atoms with E-state index < -0.39 is 0 Å². The summed E-state index contributed by atoms with van der Waals surface area (Å²) in [5.74, 6) is 2.62.